The first-order chi connectivity index (χ1) is 13.1. The number of carbonyl (C=O) groups is 1. The second kappa shape index (κ2) is 8.20. The Morgan fingerprint density at radius 3 is 2.26 bits per heavy atom. The van der Waals surface area contributed by atoms with Crippen molar-refractivity contribution in [2.24, 2.45) is 0 Å². The van der Waals surface area contributed by atoms with E-state index in [0.717, 1.165) is 5.56 Å². The highest BCUT2D eigenvalue weighted by molar-refractivity contribution is 5.89. The van der Waals surface area contributed by atoms with E-state index in [4.69, 9.17) is 4.74 Å². The average Bonchev–Trinajstić information content (AvgIpc) is 2.73. The molecule has 3 rings (SSSR count). The highest BCUT2D eigenvalue weighted by Crippen LogP contribution is 2.28. The van der Waals surface area contributed by atoms with Gasteiger partial charge < -0.3 is 9.94 Å². The normalized spacial score (nSPS) is 12.3. The van der Waals surface area contributed by atoms with Crippen molar-refractivity contribution in [1.29, 1.82) is 0 Å². The van der Waals surface area contributed by atoms with Crippen molar-refractivity contribution in [3.05, 3.63) is 107 Å². The molecule has 27 heavy (non-hydrogen) atoms. The minimum Gasteiger partial charge on any atom is -0.618 e. The number of ether oxygens (including phenoxy) is 1. The van der Waals surface area contributed by atoms with Gasteiger partial charge in [-0.15, -0.1) is 0 Å². The highest BCUT2D eigenvalue weighted by Gasteiger charge is 2.40. The Bertz CT molecular complexity index is 975. The molecule has 0 radical (unpaired) electrons. The van der Waals surface area contributed by atoms with Gasteiger partial charge in [-0.05, 0) is 36.3 Å². The van der Waals surface area contributed by atoms with Crippen LogP contribution in [0.4, 0.5) is 0 Å². The largest absolute Gasteiger partial charge is 0.618 e. The summed E-state index contributed by atoms with van der Waals surface area (Å²) in [7, 11) is 0. The van der Waals surface area contributed by atoms with Gasteiger partial charge in [0.1, 0.15) is 0 Å². The first-order valence-electron chi connectivity index (χ1n) is 8.70. The number of esters is 1. The van der Waals surface area contributed by atoms with E-state index in [9.17, 15) is 10.0 Å². The Balaban J connectivity index is 2.07. The lowest BCUT2D eigenvalue weighted by Gasteiger charge is -2.25. The first kappa shape index (κ1) is 18.2. The molecule has 0 N–H and O–H groups in total. The van der Waals surface area contributed by atoms with Gasteiger partial charge in [0.2, 0.25) is 5.69 Å². The summed E-state index contributed by atoms with van der Waals surface area (Å²) in [4.78, 5) is 12.7. The molecule has 4 nitrogen and oxygen atoms in total. The Morgan fingerprint density at radius 1 is 1.00 bits per heavy atom. The van der Waals surface area contributed by atoms with Crippen LogP contribution in [0.3, 0.4) is 0 Å². The van der Waals surface area contributed by atoms with E-state index in [1.807, 2.05) is 43.3 Å². The number of benzene rings is 2. The molecule has 1 unspecified atom stereocenters. The molecule has 0 bridgehead atoms. The Labute approximate surface area is 158 Å². The van der Waals surface area contributed by atoms with Gasteiger partial charge in [-0.3, -0.25) is 0 Å². The fourth-order valence-electron chi connectivity index (χ4n) is 2.71. The van der Waals surface area contributed by atoms with Crippen LogP contribution in [0.5, 0.6) is 0 Å². The summed E-state index contributed by atoms with van der Waals surface area (Å²) in [6.07, 6.45) is 1.71. The Kier molecular flexibility index (Phi) is 5.53. The van der Waals surface area contributed by atoms with Crippen molar-refractivity contribution in [3.8, 4) is 11.8 Å². The number of carbonyl (C=O) groups excluding carboxylic acids is 1. The maximum atomic E-state index is 12.7. The predicted molar refractivity (Wildman–Crippen MR) is 103 cm³/mol. The second-order valence-electron chi connectivity index (χ2n) is 5.96. The SMILES string of the molecule is CCC(C#Cc1ccccc1)(OC(=O)c1ccccc1)c1cccc[n+]1[O-]. The molecule has 1 heterocycles. The number of hydrogen-bond acceptors (Lipinski definition) is 3. The molecule has 0 amide bonds. The van der Waals surface area contributed by atoms with Crippen LogP contribution < -0.4 is 4.73 Å². The monoisotopic (exact) mass is 357 g/mol. The van der Waals surface area contributed by atoms with Crippen LogP contribution in [0.25, 0.3) is 0 Å². The molecule has 0 aliphatic carbocycles. The smallest absolute Gasteiger partial charge is 0.340 e. The number of nitrogens with zero attached hydrogens (tertiary/aromatic N) is 1. The van der Waals surface area contributed by atoms with Gasteiger partial charge >= 0.3 is 5.97 Å². The Morgan fingerprint density at radius 2 is 1.63 bits per heavy atom. The zero-order valence-electron chi connectivity index (χ0n) is 15.0. The fraction of sp³-hybridized carbons (Fsp3) is 0.130. The lowest BCUT2D eigenvalue weighted by molar-refractivity contribution is -0.621. The molecule has 0 spiro atoms. The third kappa shape index (κ3) is 4.16. The van der Waals surface area contributed by atoms with Crippen molar-refractivity contribution in [2.45, 2.75) is 18.9 Å². The van der Waals surface area contributed by atoms with Crippen molar-refractivity contribution in [1.82, 2.24) is 0 Å². The molecule has 134 valence electrons. The standard InChI is InChI=1S/C23H19NO3/c1-2-23(21-15-9-10-18-24(21)26,17-16-19-11-5-3-6-12-19)27-22(25)20-13-7-4-8-14-20/h3-15,18H,2H2,1H3. The van der Waals surface area contributed by atoms with Crippen LogP contribution in [0, 0.1) is 17.0 Å². The summed E-state index contributed by atoms with van der Waals surface area (Å²) in [5.74, 6) is 5.56. The van der Waals surface area contributed by atoms with Crippen LogP contribution in [-0.2, 0) is 10.3 Å². The van der Waals surface area contributed by atoms with Gasteiger partial charge in [-0.1, -0.05) is 49.2 Å². The molecule has 1 atom stereocenters. The fourth-order valence-corrected chi connectivity index (χ4v) is 2.71. The number of hydrogen-bond donors (Lipinski definition) is 0. The van der Waals surface area contributed by atoms with Crippen LogP contribution >= 0.6 is 0 Å². The molecule has 0 fully saturated rings. The first-order valence-corrected chi connectivity index (χ1v) is 8.70. The summed E-state index contributed by atoms with van der Waals surface area (Å²) >= 11 is 0. The molecule has 4 heteroatoms. The maximum absolute atomic E-state index is 12.7. The number of aromatic nitrogens is 1. The van der Waals surface area contributed by atoms with Crippen LogP contribution in [0.2, 0.25) is 0 Å². The molecule has 2 aromatic carbocycles. The summed E-state index contributed by atoms with van der Waals surface area (Å²) in [6, 6.07) is 23.1. The number of pyridine rings is 1. The van der Waals surface area contributed by atoms with E-state index in [2.05, 4.69) is 11.8 Å². The molecule has 0 saturated heterocycles. The molecule has 0 aliphatic heterocycles. The van der Waals surface area contributed by atoms with E-state index in [1.165, 1.54) is 6.20 Å². The van der Waals surface area contributed by atoms with E-state index in [-0.39, 0.29) is 5.69 Å². The van der Waals surface area contributed by atoms with Gasteiger partial charge in [-0.25, -0.2) is 4.79 Å². The van der Waals surface area contributed by atoms with Crippen molar-refractivity contribution in [2.75, 3.05) is 0 Å². The highest BCUT2D eigenvalue weighted by atomic mass is 16.6. The zero-order valence-corrected chi connectivity index (χ0v) is 15.0. The summed E-state index contributed by atoms with van der Waals surface area (Å²) in [5.41, 5.74) is 0.107. The van der Waals surface area contributed by atoms with E-state index < -0.39 is 11.6 Å². The Hall–Kier alpha value is -3.58. The quantitative estimate of drug-likeness (QED) is 0.309. The van der Waals surface area contributed by atoms with Gasteiger partial charge in [-0.2, -0.15) is 4.73 Å². The predicted octanol–water partition coefficient (Wildman–Crippen LogP) is 3.83. The number of rotatable bonds is 4. The molecule has 0 saturated carbocycles. The molecular formula is C23H19NO3. The zero-order chi connectivity index (χ0) is 19.1. The second-order valence-corrected chi connectivity index (χ2v) is 5.96. The van der Waals surface area contributed by atoms with Gasteiger partial charge in [0.15, 0.2) is 6.20 Å². The van der Waals surface area contributed by atoms with Crippen LogP contribution in [-0.4, -0.2) is 5.97 Å². The summed E-state index contributed by atoms with van der Waals surface area (Å²) in [5, 5.41) is 12.4. The third-order valence-corrected chi connectivity index (χ3v) is 4.19. The van der Waals surface area contributed by atoms with Crippen molar-refractivity contribution >= 4 is 5.97 Å². The average molecular weight is 357 g/mol. The van der Waals surface area contributed by atoms with Gasteiger partial charge in [0.25, 0.3) is 5.60 Å². The maximum Gasteiger partial charge on any atom is 0.340 e. The molecule has 3 aromatic rings. The van der Waals surface area contributed by atoms with Gasteiger partial charge in [0.05, 0.1) is 5.56 Å². The molecule has 1 aromatic heterocycles. The molecule has 0 aliphatic rings. The molecular weight excluding hydrogens is 338 g/mol. The van der Waals surface area contributed by atoms with Crippen molar-refractivity contribution < 1.29 is 14.3 Å². The van der Waals surface area contributed by atoms with Gasteiger partial charge in [0, 0.05) is 24.1 Å². The van der Waals surface area contributed by atoms with E-state index in [1.54, 1.807) is 42.5 Å². The van der Waals surface area contributed by atoms with E-state index >= 15 is 0 Å². The van der Waals surface area contributed by atoms with Crippen LogP contribution in [0.1, 0.15) is 35.0 Å². The third-order valence-electron chi connectivity index (χ3n) is 4.19. The minimum absolute atomic E-state index is 0.278. The lowest BCUT2D eigenvalue weighted by Crippen LogP contribution is -2.43. The lowest BCUT2D eigenvalue weighted by atomic mass is 9.95. The summed E-state index contributed by atoms with van der Waals surface area (Å²) in [6.45, 7) is 1.84. The topological polar surface area (TPSA) is 53.2 Å². The summed E-state index contributed by atoms with van der Waals surface area (Å²) < 4.78 is 6.52. The van der Waals surface area contributed by atoms with Crippen molar-refractivity contribution in [3.63, 3.8) is 0 Å². The van der Waals surface area contributed by atoms with E-state index in [0.29, 0.717) is 16.7 Å². The van der Waals surface area contributed by atoms with Crippen LogP contribution in [0.15, 0.2) is 85.1 Å². The minimum atomic E-state index is -1.36.